The van der Waals surface area contributed by atoms with Gasteiger partial charge in [-0.2, -0.15) is 5.26 Å². The lowest BCUT2D eigenvalue weighted by atomic mass is 10.2. The molecule has 0 bridgehead atoms. The van der Waals surface area contributed by atoms with E-state index >= 15 is 0 Å². The summed E-state index contributed by atoms with van der Waals surface area (Å²) >= 11 is 0. The van der Waals surface area contributed by atoms with Crippen molar-refractivity contribution in [1.29, 1.82) is 5.26 Å². The van der Waals surface area contributed by atoms with Crippen LogP contribution in [-0.4, -0.2) is 55.9 Å². The molecule has 1 aromatic rings. The number of rotatable bonds is 6. The first-order chi connectivity index (χ1) is 9.99. The van der Waals surface area contributed by atoms with E-state index < -0.39 is 18.5 Å². The molecule has 112 valence electrons. The van der Waals surface area contributed by atoms with Crippen LogP contribution in [0.25, 0.3) is 0 Å². The minimum Gasteiger partial charge on any atom is -0.480 e. The maximum absolute atomic E-state index is 12.3. The fraction of sp³-hybridized carbons (Fsp3) is 0.357. The van der Waals surface area contributed by atoms with Gasteiger partial charge in [0.25, 0.3) is 0 Å². The average molecular weight is 291 g/mol. The number of nitrogens with zero attached hydrogens (tertiary/aromatic N) is 3. The van der Waals surface area contributed by atoms with E-state index in [4.69, 9.17) is 15.1 Å². The normalized spacial score (nSPS) is 9.76. The van der Waals surface area contributed by atoms with Crippen LogP contribution in [0.2, 0.25) is 0 Å². The molecule has 1 rings (SSSR count). The molecular weight excluding hydrogens is 274 g/mol. The predicted molar refractivity (Wildman–Crippen MR) is 76.0 cm³/mol. The molecule has 0 radical (unpaired) electrons. The molecule has 0 saturated heterocycles. The Morgan fingerprint density at radius 3 is 2.71 bits per heavy atom. The number of amides is 2. The predicted octanol–water partition coefficient (Wildman–Crippen LogP) is 1.15. The van der Waals surface area contributed by atoms with Gasteiger partial charge in [0, 0.05) is 26.4 Å². The lowest BCUT2D eigenvalue weighted by Gasteiger charge is -2.27. The zero-order chi connectivity index (χ0) is 15.8. The van der Waals surface area contributed by atoms with Gasteiger partial charge < -0.3 is 14.7 Å². The molecule has 0 aliphatic heterocycles. The number of ether oxygens (including phenoxy) is 1. The van der Waals surface area contributed by atoms with Crippen molar-refractivity contribution in [3.63, 3.8) is 0 Å². The summed E-state index contributed by atoms with van der Waals surface area (Å²) in [6.45, 7) is -0.000513. The van der Waals surface area contributed by atoms with E-state index in [-0.39, 0.29) is 13.2 Å². The highest BCUT2D eigenvalue weighted by Crippen LogP contribution is 2.16. The van der Waals surface area contributed by atoms with Gasteiger partial charge in [-0.15, -0.1) is 0 Å². The molecule has 1 aromatic carbocycles. The van der Waals surface area contributed by atoms with Crippen LogP contribution in [-0.2, 0) is 9.53 Å². The maximum atomic E-state index is 12.3. The number of carbonyl (C=O) groups excluding carboxylic acids is 1. The van der Waals surface area contributed by atoms with Gasteiger partial charge in [0.05, 0.1) is 18.2 Å². The molecule has 21 heavy (non-hydrogen) atoms. The van der Waals surface area contributed by atoms with Crippen LogP contribution < -0.4 is 4.90 Å². The highest BCUT2D eigenvalue weighted by atomic mass is 16.5. The molecular formula is C14H17N3O4. The molecule has 1 N–H and O–H groups in total. The number of hydrogen-bond acceptors (Lipinski definition) is 4. The number of aliphatic carboxylic acids is 1. The van der Waals surface area contributed by atoms with Crippen LogP contribution in [0.3, 0.4) is 0 Å². The lowest BCUT2D eigenvalue weighted by molar-refractivity contribution is -0.137. The van der Waals surface area contributed by atoms with E-state index in [2.05, 4.69) is 0 Å². The van der Waals surface area contributed by atoms with E-state index in [1.807, 2.05) is 6.07 Å². The molecule has 0 aliphatic carbocycles. The van der Waals surface area contributed by atoms with E-state index in [9.17, 15) is 9.59 Å². The fourth-order valence-corrected chi connectivity index (χ4v) is 1.71. The molecule has 7 heteroatoms. The third-order valence-corrected chi connectivity index (χ3v) is 2.81. The summed E-state index contributed by atoms with van der Waals surface area (Å²) in [4.78, 5) is 25.7. The summed E-state index contributed by atoms with van der Waals surface area (Å²) in [6.07, 6.45) is 0. The van der Waals surface area contributed by atoms with Crippen molar-refractivity contribution < 1.29 is 19.4 Å². The minimum absolute atomic E-state index is 0.171. The summed E-state index contributed by atoms with van der Waals surface area (Å²) in [7, 11) is 3.00. The number of carboxylic acids is 1. The molecule has 0 aromatic heterocycles. The van der Waals surface area contributed by atoms with Crippen molar-refractivity contribution in [2.45, 2.75) is 0 Å². The Balaban J connectivity index is 2.90. The van der Waals surface area contributed by atoms with Crippen molar-refractivity contribution in [2.75, 3.05) is 38.8 Å². The van der Waals surface area contributed by atoms with Gasteiger partial charge >= 0.3 is 12.0 Å². The summed E-state index contributed by atoms with van der Waals surface area (Å²) in [6, 6.07) is 8.05. The SMILES string of the molecule is COCCN(CC(=O)O)C(=O)N(C)c1cccc(C#N)c1. The highest BCUT2D eigenvalue weighted by molar-refractivity contribution is 5.93. The Bertz CT molecular complexity index is 553. The van der Waals surface area contributed by atoms with Crippen LogP contribution in [0.4, 0.5) is 10.5 Å². The number of benzene rings is 1. The second-order valence-corrected chi connectivity index (χ2v) is 4.31. The molecule has 0 unspecified atom stereocenters. The smallest absolute Gasteiger partial charge is 0.324 e. The van der Waals surface area contributed by atoms with Gasteiger partial charge in [0.2, 0.25) is 0 Å². The second-order valence-electron chi connectivity index (χ2n) is 4.31. The monoisotopic (exact) mass is 291 g/mol. The molecule has 7 nitrogen and oxygen atoms in total. The first-order valence-corrected chi connectivity index (χ1v) is 6.23. The van der Waals surface area contributed by atoms with Crippen molar-refractivity contribution in [3.8, 4) is 6.07 Å². The number of urea groups is 1. The number of methoxy groups -OCH3 is 1. The number of nitriles is 1. The van der Waals surface area contributed by atoms with Crippen LogP contribution in [0, 0.1) is 11.3 Å². The minimum atomic E-state index is -1.10. The lowest BCUT2D eigenvalue weighted by Crippen LogP contribution is -2.45. The quantitative estimate of drug-likeness (QED) is 0.848. The van der Waals surface area contributed by atoms with E-state index in [0.29, 0.717) is 11.3 Å². The molecule has 0 heterocycles. The molecule has 2 amide bonds. The summed E-state index contributed by atoms with van der Waals surface area (Å²) < 4.78 is 4.88. The number of anilines is 1. The van der Waals surface area contributed by atoms with Crippen molar-refractivity contribution in [3.05, 3.63) is 29.8 Å². The summed E-state index contributed by atoms with van der Waals surface area (Å²) in [5.74, 6) is -1.10. The van der Waals surface area contributed by atoms with Gasteiger partial charge in [0.15, 0.2) is 0 Å². The van der Waals surface area contributed by atoms with Crippen LogP contribution in [0.15, 0.2) is 24.3 Å². The molecule has 0 fully saturated rings. The molecule has 0 spiro atoms. The van der Waals surface area contributed by atoms with Gasteiger partial charge in [-0.25, -0.2) is 4.79 Å². The van der Waals surface area contributed by atoms with Crippen LogP contribution in [0.5, 0.6) is 0 Å². The highest BCUT2D eigenvalue weighted by Gasteiger charge is 2.21. The molecule has 0 aliphatic rings. The summed E-state index contributed by atoms with van der Waals surface area (Å²) in [5.41, 5.74) is 0.945. The molecule has 0 saturated carbocycles. The molecule has 0 atom stereocenters. The van der Waals surface area contributed by atoms with Gasteiger partial charge in [-0.05, 0) is 18.2 Å². The van der Waals surface area contributed by atoms with Crippen molar-refractivity contribution in [2.24, 2.45) is 0 Å². The Morgan fingerprint density at radius 1 is 1.43 bits per heavy atom. The average Bonchev–Trinajstić information content (AvgIpc) is 2.49. The van der Waals surface area contributed by atoms with Crippen LogP contribution >= 0.6 is 0 Å². The second kappa shape index (κ2) is 7.87. The topological polar surface area (TPSA) is 93.9 Å². The fourth-order valence-electron chi connectivity index (χ4n) is 1.71. The van der Waals surface area contributed by atoms with Gasteiger partial charge in [-0.3, -0.25) is 9.69 Å². The first kappa shape index (κ1) is 16.5. The Labute approximate surface area is 122 Å². The Hall–Kier alpha value is -2.59. The Kier molecular flexibility index (Phi) is 6.17. The van der Waals surface area contributed by atoms with E-state index in [0.717, 1.165) is 0 Å². The Morgan fingerprint density at radius 2 is 2.14 bits per heavy atom. The number of carboxylic acid groups (broad SMARTS) is 1. The maximum Gasteiger partial charge on any atom is 0.324 e. The standard InChI is InChI=1S/C14H17N3O4/c1-16(12-5-3-4-11(8-12)9-15)14(20)17(6-7-21-2)10-13(18)19/h3-5,8H,6-7,10H2,1-2H3,(H,18,19). The zero-order valence-electron chi connectivity index (χ0n) is 11.9. The van der Waals surface area contributed by atoms with Gasteiger partial charge in [-0.1, -0.05) is 6.07 Å². The third-order valence-electron chi connectivity index (χ3n) is 2.81. The summed E-state index contributed by atoms with van der Waals surface area (Å²) in [5, 5.41) is 17.7. The van der Waals surface area contributed by atoms with Gasteiger partial charge in [0.1, 0.15) is 6.54 Å². The number of hydrogen-bond donors (Lipinski definition) is 1. The zero-order valence-corrected chi connectivity index (χ0v) is 11.9. The van der Waals surface area contributed by atoms with E-state index in [1.54, 1.807) is 24.3 Å². The third kappa shape index (κ3) is 4.78. The van der Waals surface area contributed by atoms with E-state index in [1.165, 1.54) is 24.0 Å². The van der Waals surface area contributed by atoms with Crippen LogP contribution in [0.1, 0.15) is 5.56 Å². The first-order valence-electron chi connectivity index (χ1n) is 6.23. The largest absolute Gasteiger partial charge is 0.480 e. The van der Waals surface area contributed by atoms with Crippen molar-refractivity contribution in [1.82, 2.24) is 4.90 Å². The number of carbonyl (C=O) groups is 2. The van der Waals surface area contributed by atoms with Crippen molar-refractivity contribution >= 4 is 17.7 Å².